The molecule has 0 bridgehead atoms. The quantitative estimate of drug-likeness (QED) is 0.728. The van der Waals surface area contributed by atoms with Crippen molar-refractivity contribution in [2.45, 2.75) is 38.1 Å². The Labute approximate surface area is 150 Å². The van der Waals surface area contributed by atoms with Crippen LogP contribution < -0.4 is 11.1 Å². The number of nitrogens with zero attached hydrogens (tertiary/aromatic N) is 5. The first-order chi connectivity index (χ1) is 12.7. The van der Waals surface area contributed by atoms with Gasteiger partial charge in [-0.2, -0.15) is 9.67 Å². The molecule has 8 nitrogen and oxygen atoms in total. The number of nitrogens with one attached hydrogen (secondary N) is 1. The fraction of sp³-hybridized carbons (Fsp3) is 0.389. The van der Waals surface area contributed by atoms with E-state index in [1.54, 1.807) is 10.9 Å². The highest BCUT2D eigenvalue weighted by molar-refractivity contribution is 5.75. The molecule has 1 aliphatic carbocycles. The molecule has 26 heavy (non-hydrogen) atoms. The van der Waals surface area contributed by atoms with Crippen molar-refractivity contribution in [2.75, 3.05) is 5.32 Å². The summed E-state index contributed by atoms with van der Waals surface area (Å²) in [5.41, 5.74) is 7.03. The molecule has 2 aromatic heterocycles. The minimum atomic E-state index is -0.211. The molecule has 1 fully saturated rings. The minimum Gasteiger partial charge on any atom is -0.370 e. The number of nitrogens with two attached hydrogens (primary N) is 1. The summed E-state index contributed by atoms with van der Waals surface area (Å²) >= 11 is 0. The summed E-state index contributed by atoms with van der Waals surface area (Å²) < 4.78 is 1.71. The van der Waals surface area contributed by atoms with Crippen LogP contribution in [0.4, 0.5) is 5.95 Å². The van der Waals surface area contributed by atoms with Gasteiger partial charge in [-0.1, -0.05) is 17.3 Å². The molecule has 0 radical (unpaired) electrons. The highest BCUT2D eigenvalue weighted by Crippen LogP contribution is 2.28. The molecule has 0 saturated heterocycles. The number of benzene rings is 1. The summed E-state index contributed by atoms with van der Waals surface area (Å²) in [6.45, 7) is 0. The second kappa shape index (κ2) is 7.07. The van der Waals surface area contributed by atoms with Crippen LogP contribution in [0.2, 0.25) is 0 Å². The van der Waals surface area contributed by atoms with E-state index in [2.05, 4.69) is 25.6 Å². The summed E-state index contributed by atoms with van der Waals surface area (Å²) in [4.78, 5) is 20.0. The monoisotopic (exact) mass is 351 g/mol. The Balaban J connectivity index is 1.46. The van der Waals surface area contributed by atoms with Gasteiger partial charge in [0.15, 0.2) is 5.82 Å². The van der Waals surface area contributed by atoms with E-state index in [1.807, 2.05) is 30.3 Å². The summed E-state index contributed by atoms with van der Waals surface area (Å²) in [5.74, 6) is 1.45. The third-order valence-corrected chi connectivity index (χ3v) is 4.88. The Kier molecular flexibility index (Phi) is 4.47. The molecule has 0 unspecified atom stereocenters. The van der Waals surface area contributed by atoms with E-state index in [-0.39, 0.29) is 5.91 Å². The lowest BCUT2D eigenvalue weighted by Crippen LogP contribution is -2.29. The predicted octanol–water partition coefficient (Wildman–Crippen LogP) is 2.06. The van der Waals surface area contributed by atoms with Crippen LogP contribution in [0.25, 0.3) is 16.9 Å². The Morgan fingerprint density at radius 2 is 2.00 bits per heavy atom. The number of para-hydroxylation sites is 1. The maximum Gasteiger partial charge on any atom is 0.224 e. The SMILES string of the molecule is NC(=O)CC1CCC(Nc2nccc(-n3nnc4ccccc43)n2)CC1. The third kappa shape index (κ3) is 3.49. The number of amides is 1. The van der Waals surface area contributed by atoms with Crippen molar-refractivity contribution < 1.29 is 4.79 Å². The summed E-state index contributed by atoms with van der Waals surface area (Å²) in [5, 5.41) is 11.8. The van der Waals surface area contributed by atoms with Crippen LogP contribution in [-0.2, 0) is 4.79 Å². The smallest absolute Gasteiger partial charge is 0.224 e. The van der Waals surface area contributed by atoms with E-state index in [0.29, 0.717) is 30.1 Å². The van der Waals surface area contributed by atoms with E-state index in [0.717, 1.165) is 36.7 Å². The van der Waals surface area contributed by atoms with Crippen molar-refractivity contribution >= 4 is 22.9 Å². The molecule has 8 heteroatoms. The van der Waals surface area contributed by atoms with Gasteiger partial charge < -0.3 is 11.1 Å². The number of hydrogen-bond donors (Lipinski definition) is 2. The van der Waals surface area contributed by atoms with Crippen LogP contribution in [0.5, 0.6) is 0 Å². The molecule has 0 spiro atoms. The number of primary amides is 1. The second-order valence-electron chi connectivity index (χ2n) is 6.76. The van der Waals surface area contributed by atoms with E-state index in [1.165, 1.54) is 0 Å². The van der Waals surface area contributed by atoms with E-state index in [9.17, 15) is 4.79 Å². The average molecular weight is 351 g/mol. The molecule has 3 N–H and O–H groups in total. The first-order valence-electron chi connectivity index (χ1n) is 8.88. The van der Waals surface area contributed by atoms with Gasteiger partial charge in [-0.15, -0.1) is 5.10 Å². The topological polar surface area (TPSA) is 112 Å². The lowest BCUT2D eigenvalue weighted by Gasteiger charge is -2.28. The van der Waals surface area contributed by atoms with Gasteiger partial charge in [-0.25, -0.2) is 4.98 Å². The van der Waals surface area contributed by atoms with Crippen LogP contribution in [-0.4, -0.2) is 36.9 Å². The summed E-state index contributed by atoms with van der Waals surface area (Å²) in [7, 11) is 0. The zero-order chi connectivity index (χ0) is 17.9. The van der Waals surface area contributed by atoms with Crippen molar-refractivity contribution in [3.8, 4) is 5.82 Å². The Morgan fingerprint density at radius 3 is 2.81 bits per heavy atom. The maximum atomic E-state index is 11.1. The molecule has 2 heterocycles. The number of hydrogen-bond acceptors (Lipinski definition) is 6. The highest BCUT2D eigenvalue weighted by Gasteiger charge is 2.23. The van der Waals surface area contributed by atoms with E-state index < -0.39 is 0 Å². The molecular formula is C18H21N7O. The van der Waals surface area contributed by atoms with Crippen molar-refractivity contribution in [2.24, 2.45) is 11.7 Å². The van der Waals surface area contributed by atoms with Gasteiger partial charge in [0, 0.05) is 24.7 Å². The van der Waals surface area contributed by atoms with E-state index in [4.69, 9.17) is 5.73 Å². The number of aromatic nitrogens is 5. The van der Waals surface area contributed by atoms with Crippen molar-refractivity contribution in [3.63, 3.8) is 0 Å². The van der Waals surface area contributed by atoms with Gasteiger partial charge in [-0.3, -0.25) is 4.79 Å². The van der Waals surface area contributed by atoms with Gasteiger partial charge in [0.2, 0.25) is 11.9 Å². The molecule has 0 atom stereocenters. The summed E-state index contributed by atoms with van der Waals surface area (Å²) in [6, 6.07) is 9.89. The van der Waals surface area contributed by atoms with Gasteiger partial charge in [0.1, 0.15) is 5.52 Å². The van der Waals surface area contributed by atoms with Crippen LogP contribution in [0.3, 0.4) is 0 Å². The van der Waals surface area contributed by atoms with Crippen molar-refractivity contribution in [1.29, 1.82) is 0 Å². The highest BCUT2D eigenvalue weighted by atomic mass is 16.1. The first kappa shape index (κ1) is 16.4. The third-order valence-electron chi connectivity index (χ3n) is 4.88. The molecule has 4 rings (SSSR count). The Morgan fingerprint density at radius 1 is 1.19 bits per heavy atom. The predicted molar refractivity (Wildman–Crippen MR) is 97.6 cm³/mol. The van der Waals surface area contributed by atoms with Crippen LogP contribution in [0.1, 0.15) is 32.1 Å². The molecule has 1 saturated carbocycles. The van der Waals surface area contributed by atoms with Crippen LogP contribution in [0.15, 0.2) is 36.5 Å². The fourth-order valence-corrected chi connectivity index (χ4v) is 3.55. The molecular weight excluding hydrogens is 330 g/mol. The van der Waals surface area contributed by atoms with Gasteiger partial charge >= 0.3 is 0 Å². The minimum absolute atomic E-state index is 0.211. The molecule has 3 aromatic rings. The second-order valence-corrected chi connectivity index (χ2v) is 6.76. The average Bonchev–Trinajstić information content (AvgIpc) is 3.07. The molecule has 1 amide bonds. The van der Waals surface area contributed by atoms with E-state index >= 15 is 0 Å². The van der Waals surface area contributed by atoms with Crippen LogP contribution >= 0.6 is 0 Å². The van der Waals surface area contributed by atoms with Gasteiger partial charge in [0.25, 0.3) is 0 Å². The molecule has 1 aliphatic rings. The fourth-order valence-electron chi connectivity index (χ4n) is 3.55. The number of carbonyl (C=O) groups excluding carboxylic acids is 1. The normalized spacial score (nSPS) is 20.2. The number of fused-ring (bicyclic) bond motifs is 1. The van der Waals surface area contributed by atoms with Gasteiger partial charge in [-0.05, 0) is 43.7 Å². The first-order valence-corrected chi connectivity index (χ1v) is 8.88. The van der Waals surface area contributed by atoms with Crippen LogP contribution in [0, 0.1) is 5.92 Å². The Hall–Kier alpha value is -3.03. The lowest BCUT2D eigenvalue weighted by molar-refractivity contribution is -0.119. The van der Waals surface area contributed by atoms with Crippen molar-refractivity contribution in [3.05, 3.63) is 36.5 Å². The number of anilines is 1. The molecule has 1 aromatic carbocycles. The maximum absolute atomic E-state index is 11.1. The number of rotatable bonds is 5. The molecule has 0 aliphatic heterocycles. The Bertz CT molecular complexity index is 915. The standard InChI is InChI=1S/C18H21N7O/c19-16(26)11-12-5-7-13(8-6-12)21-18-20-10-9-17(22-18)25-15-4-2-1-3-14(15)23-24-25/h1-4,9-10,12-13H,5-8,11H2,(H2,19,26)(H,20,21,22). The number of carbonyl (C=O) groups is 1. The van der Waals surface area contributed by atoms with Crippen molar-refractivity contribution in [1.82, 2.24) is 25.0 Å². The van der Waals surface area contributed by atoms with Gasteiger partial charge in [0.05, 0.1) is 5.52 Å². The zero-order valence-electron chi connectivity index (χ0n) is 14.4. The lowest BCUT2D eigenvalue weighted by atomic mass is 9.84. The largest absolute Gasteiger partial charge is 0.370 e. The zero-order valence-corrected chi connectivity index (χ0v) is 14.4. The summed E-state index contributed by atoms with van der Waals surface area (Å²) in [6.07, 6.45) is 6.16. The molecule has 134 valence electrons.